The second kappa shape index (κ2) is 9.93. The summed E-state index contributed by atoms with van der Waals surface area (Å²) < 4.78 is 16.5. The van der Waals surface area contributed by atoms with E-state index in [0.29, 0.717) is 12.0 Å². The van der Waals surface area contributed by atoms with E-state index >= 15 is 0 Å². The molecule has 186 valence electrons. The van der Waals surface area contributed by atoms with Gasteiger partial charge >= 0.3 is 0 Å². The van der Waals surface area contributed by atoms with Crippen molar-refractivity contribution < 1.29 is 4.21 Å². The molecule has 2 aromatic carbocycles. The predicted molar refractivity (Wildman–Crippen MR) is 146 cm³/mol. The third kappa shape index (κ3) is 5.98. The van der Waals surface area contributed by atoms with E-state index in [2.05, 4.69) is 61.5 Å². The summed E-state index contributed by atoms with van der Waals surface area (Å²) in [7, 11) is -0.429. The van der Waals surface area contributed by atoms with E-state index in [1.165, 1.54) is 5.69 Å². The van der Waals surface area contributed by atoms with Crippen molar-refractivity contribution in [3.8, 4) is 0 Å². The van der Waals surface area contributed by atoms with Crippen LogP contribution in [0.3, 0.4) is 0 Å². The number of nitrogens with one attached hydrogen (secondary N) is 3. The van der Waals surface area contributed by atoms with Gasteiger partial charge in [0.05, 0.1) is 0 Å². The second-order valence-electron chi connectivity index (χ2n) is 9.69. The molecule has 0 bridgehead atoms. The van der Waals surface area contributed by atoms with Crippen molar-refractivity contribution in [1.82, 2.24) is 19.6 Å². The van der Waals surface area contributed by atoms with Crippen LogP contribution in [0.5, 0.6) is 0 Å². The highest BCUT2D eigenvalue weighted by molar-refractivity contribution is 8.00. The molecule has 2 aliphatic rings. The zero-order chi connectivity index (χ0) is 24.4. The average molecular weight is 494 g/mol. The molecule has 0 atom stereocenters. The van der Waals surface area contributed by atoms with Crippen molar-refractivity contribution in [2.24, 2.45) is 0 Å². The quantitative estimate of drug-likeness (QED) is 0.356. The lowest BCUT2D eigenvalue weighted by Crippen LogP contribution is -2.44. The number of aryl methyl sites for hydroxylation is 1. The topological polar surface area (TPSA) is 85.4 Å². The van der Waals surface area contributed by atoms with Gasteiger partial charge in [0, 0.05) is 72.2 Å². The fraction of sp³-hybridized carbons (Fsp3) is 0.385. The zero-order valence-electron chi connectivity index (χ0n) is 20.7. The van der Waals surface area contributed by atoms with Gasteiger partial charge in [-0.3, -0.25) is 8.93 Å². The van der Waals surface area contributed by atoms with Crippen molar-refractivity contribution in [1.29, 1.82) is 0 Å². The van der Waals surface area contributed by atoms with Gasteiger partial charge in [-0.1, -0.05) is 6.07 Å². The van der Waals surface area contributed by atoms with Crippen molar-refractivity contribution in [3.05, 3.63) is 60.3 Å². The van der Waals surface area contributed by atoms with Gasteiger partial charge in [0.15, 0.2) is 0 Å². The van der Waals surface area contributed by atoms with Crippen molar-refractivity contribution >= 4 is 38.9 Å². The fourth-order valence-electron chi connectivity index (χ4n) is 4.20. The summed E-state index contributed by atoms with van der Waals surface area (Å²) in [5.41, 5.74) is 3.96. The summed E-state index contributed by atoms with van der Waals surface area (Å²) in [6, 6.07) is 16.6. The van der Waals surface area contributed by atoms with Crippen LogP contribution in [-0.4, -0.2) is 64.6 Å². The molecule has 0 amide bonds. The van der Waals surface area contributed by atoms with E-state index in [1.54, 1.807) is 12.5 Å². The van der Waals surface area contributed by atoms with Crippen molar-refractivity contribution in [2.75, 3.05) is 55.0 Å². The van der Waals surface area contributed by atoms with Crippen molar-refractivity contribution in [3.63, 3.8) is 0 Å². The Balaban J connectivity index is 1.27. The second-order valence-corrected chi connectivity index (χ2v) is 12.3. The summed E-state index contributed by atoms with van der Waals surface area (Å²) in [6.45, 7) is 6.24. The standard InChI is InChI=1S/C26H35N7OS/c1-19-18-27-26(29-20-9-11-23(12-10-20)33-15-13-32(2)14-16-33)30-25(19)28-22-5-4-6-24(17-22)35(3,34)31-21-7-8-21/h4-6,9-12,17-18,21,35H,7-8,13-16H2,1-3H3,(H,31,34)(H2,27,28,29,30). The normalized spacial score (nSPS) is 17.3. The lowest BCUT2D eigenvalue weighted by Gasteiger charge is -2.34. The van der Waals surface area contributed by atoms with Crippen LogP contribution in [0.15, 0.2) is 59.6 Å². The van der Waals surface area contributed by atoms with Crippen LogP contribution in [0, 0.1) is 6.92 Å². The van der Waals surface area contributed by atoms with Crippen LogP contribution in [0.2, 0.25) is 0 Å². The average Bonchev–Trinajstić information content (AvgIpc) is 3.66. The maximum atomic E-state index is 13.2. The molecule has 1 aliphatic carbocycles. The third-order valence-electron chi connectivity index (χ3n) is 6.57. The monoisotopic (exact) mass is 493 g/mol. The van der Waals surface area contributed by atoms with Crippen LogP contribution in [-0.2, 0) is 10.1 Å². The Kier molecular flexibility index (Phi) is 6.73. The molecule has 5 rings (SSSR count). The summed E-state index contributed by atoms with van der Waals surface area (Å²) in [6.07, 6.45) is 5.81. The molecule has 1 saturated carbocycles. The first-order valence-corrected chi connectivity index (χ1v) is 14.4. The third-order valence-corrected chi connectivity index (χ3v) is 8.69. The number of hydrogen-bond acceptors (Lipinski definition) is 7. The lowest BCUT2D eigenvalue weighted by molar-refractivity contribution is 0.313. The maximum absolute atomic E-state index is 13.2. The van der Waals surface area contributed by atoms with Crippen LogP contribution in [0.1, 0.15) is 18.4 Å². The molecule has 35 heavy (non-hydrogen) atoms. The van der Waals surface area contributed by atoms with Crippen LogP contribution >= 0.6 is 0 Å². The minimum absolute atomic E-state index is 0.385. The molecular formula is C26H35N7OS. The van der Waals surface area contributed by atoms with Gasteiger partial charge in [0.25, 0.3) is 0 Å². The molecule has 2 heterocycles. The summed E-state index contributed by atoms with van der Waals surface area (Å²) in [5, 5.41) is 6.70. The summed E-state index contributed by atoms with van der Waals surface area (Å²) in [5.74, 6) is 1.24. The lowest BCUT2D eigenvalue weighted by atomic mass is 10.2. The summed E-state index contributed by atoms with van der Waals surface area (Å²) >= 11 is 0. The largest absolute Gasteiger partial charge is 0.369 e. The molecule has 1 aliphatic heterocycles. The molecule has 9 heteroatoms. The Morgan fingerprint density at radius 2 is 1.71 bits per heavy atom. The van der Waals surface area contributed by atoms with E-state index in [4.69, 9.17) is 4.98 Å². The minimum atomic E-state index is -2.60. The Hall–Kier alpha value is -3.01. The molecule has 3 aromatic rings. The first-order chi connectivity index (χ1) is 16.9. The van der Waals surface area contributed by atoms with Gasteiger partial charge in [-0.2, -0.15) is 4.98 Å². The molecule has 1 saturated heterocycles. The van der Waals surface area contributed by atoms with E-state index in [9.17, 15) is 4.21 Å². The van der Waals surface area contributed by atoms with Gasteiger partial charge in [0.1, 0.15) is 5.82 Å². The molecule has 1 aromatic heterocycles. The number of anilines is 5. The first-order valence-electron chi connectivity index (χ1n) is 12.2. The fourth-order valence-corrected chi connectivity index (χ4v) is 6.06. The number of nitrogens with zero attached hydrogens (tertiary/aromatic N) is 4. The van der Waals surface area contributed by atoms with Crippen LogP contribution < -0.4 is 20.3 Å². The van der Waals surface area contributed by atoms with E-state index in [0.717, 1.165) is 66.7 Å². The molecule has 8 nitrogen and oxygen atoms in total. The number of likely N-dealkylation sites (N-methyl/N-ethyl adjacent to an activating group) is 1. The number of benzene rings is 2. The molecule has 0 radical (unpaired) electrons. The van der Waals surface area contributed by atoms with Crippen LogP contribution in [0.25, 0.3) is 0 Å². The SMILES string of the molecule is Cc1cnc(Nc2ccc(N3CCN(C)CC3)cc2)nc1Nc1cccc([SH](C)(=O)NC2CC2)c1. The van der Waals surface area contributed by atoms with E-state index in [1.807, 2.05) is 31.2 Å². The maximum Gasteiger partial charge on any atom is 0.229 e. The predicted octanol–water partition coefficient (Wildman–Crippen LogP) is 3.70. The smallest absolute Gasteiger partial charge is 0.229 e. The van der Waals surface area contributed by atoms with E-state index in [-0.39, 0.29) is 0 Å². The van der Waals surface area contributed by atoms with Crippen LogP contribution in [0.4, 0.5) is 28.8 Å². The van der Waals surface area contributed by atoms with Gasteiger partial charge < -0.3 is 20.4 Å². The molecular weight excluding hydrogens is 458 g/mol. The molecule has 0 unspecified atom stereocenters. The van der Waals surface area contributed by atoms with Gasteiger partial charge in [-0.15, -0.1) is 0 Å². The number of aromatic nitrogens is 2. The number of piperazine rings is 1. The summed E-state index contributed by atoms with van der Waals surface area (Å²) in [4.78, 5) is 14.7. The highest BCUT2D eigenvalue weighted by Crippen LogP contribution is 2.28. The van der Waals surface area contributed by atoms with E-state index < -0.39 is 10.1 Å². The van der Waals surface area contributed by atoms with Gasteiger partial charge in [-0.05, 0) is 79.4 Å². The Morgan fingerprint density at radius 1 is 0.971 bits per heavy atom. The van der Waals surface area contributed by atoms with Crippen molar-refractivity contribution in [2.45, 2.75) is 30.7 Å². The Morgan fingerprint density at radius 3 is 2.43 bits per heavy atom. The first kappa shape index (κ1) is 23.7. The number of thiol groups is 1. The molecule has 0 spiro atoms. The van der Waals surface area contributed by atoms with Gasteiger partial charge in [-0.25, -0.2) is 4.98 Å². The molecule has 2 fully saturated rings. The van der Waals surface area contributed by atoms with Gasteiger partial charge in [0.2, 0.25) is 5.95 Å². The Labute approximate surface area is 208 Å². The molecule has 3 N–H and O–H groups in total. The Bertz CT molecular complexity index is 1220. The zero-order valence-corrected chi connectivity index (χ0v) is 21.6. The number of hydrogen-bond donors (Lipinski definition) is 4. The highest BCUT2D eigenvalue weighted by Gasteiger charge is 2.26. The number of rotatable bonds is 8. The highest BCUT2D eigenvalue weighted by atomic mass is 32.3. The minimum Gasteiger partial charge on any atom is -0.369 e.